The van der Waals surface area contributed by atoms with Gasteiger partial charge in [0, 0.05) is 25.1 Å². The SMILES string of the molecule is Cc1nnc2c(NCCCCCC(=O)OC(C)C)nc3ccc([N+](=O)[O-])cc3n12. The van der Waals surface area contributed by atoms with E-state index in [4.69, 9.17) is 4.74 Å². The highest BCUT2D eigenvalue weighted by molar-refractivity contribution is 5.84. The van der Waals surface area contributed by atoms with Crippen LogP contribution >= 0.6 is 0 Å². The number of aryl methyl sites for hydroxylation is 1. The normalized spacial score (nSPS) is 11.3. The fourth-order valence-corrected chi connectivity index (χ4v) is 3.09. The maximum atomic E-state index is 11.5. The zero-order valence-electron chi connectivity index (χ0n) is 16.7. The first-order valence-corrected chi connectivity index (χ1v) is 9.60. The van der Waals surface area contributed by atoms with Gasteiger partial charge in [-0.2, -0.15) is 0 Å². The van der Waals surface area contributed by atoms with Crippen LogP contribution in [0.15, 0.2) is 18.2 Å². The van der Waals surface area contributed by atoms with E-state index in [-0.39, 0.29) is 17.8 Å². The number of nitro groups is 1. The highest BCUT2D eigenvalue weighted by Gasteiger charge is 2.16. The molecule has 0 atom stereocenters. The van der Waals surface area contributed by atoms with E-state index in [0.717, 1.165) is 19.3 Å². The minimum Gasteiger partial charge on any atom is -0.463 e. The van der Waals surface area contributed by atoms with Crippen molar-refractivity contribution in [2.45, 2.75) is 52.6 Å². The fourth-order valence-electron chi connectivity index (χ4n) is 3.09. The lowest BCUT2D eigenvalue weighted by atomic mass is 10.2. The molecule has 0 saturated carbocycles. The summed E-state index contributed by atoms with van der Waals surface area (Å²) in [5, 5.41) is 22.6. The van der Waals surface area contributed by atoms with Crippen molar-refractivity contribution >= 4 is 34.2 Å². The van der Waals surface area contributed by atoms with Crippen LogP contribution in [0.2, 0.25) is 0 Å². The topological polar surface area (TPSA) is 125 Å². The van der Waals surface area contributed by atoms with E-state index in [1.165, 1.54) is 12.1 Å². The largest absolute Gasteiger partial charge is 0.463 e. The van der Waals surface area contributed by atoms with Crippen LogP contribution in [-0.4, -0.2) is 43.1 Å². The summed E-state index contributed by atoms with van der Waals surface area (Å²) in [4.78, 5) is 26.8. The third kappa shape index (κ3) is 4.76. The number of carbonyl (C=O) groups is 1. The molecule has 0 amide bonds. The van der Waals surface area contributed by atoms with Gasteiger partial charge >= 0.3 is 5.97 Å². The van der Waals surface area contributed by atoms with Gasteiger partial charge in [-0.05, 0) is 39.7 Å². The van der Waals surface area contributed by atoms with Gasteiger partial charge in [0.25, 0.3) is 5.69 Å². The Morgan fingerprint density at radius 1 is 1.28 bits per heavy atom. The lowest BCUT2D eigenvalue weighted by Gasteiger charge is -2.10. The average molecular weight is 400 g/mol. The number of non-ortho nitro benzene ring substituents is 1. The molecule has 0 aliphatic carbocycles. The molecule has 1 aromatic carbocycles. The van der Waals surface area contributed by atoms with E-state index in [2.05, 4.69) is 20.5 Å². The third-order valence-corrected chi connectivity index (χ3v) is 4.40. The minimum absolute atomic E-state index is 0.00889. The predicted octanol–water partition coefficient (Wildman–Crippen LogP) is 3.42. The number of nitrogens with one attached hydrogen (secondary N) is 1. The molecule has 0 fully saturated rings. The van der Waals surface area contributed by atoms with Crippen LogP contribution in [0.1, 0.15) is 45.4 Å². The van der Waals surface area contributed by atoms with Gasteiger partial charge in [-0.15, -0.1) is 10.2 Å². The summed E-state index contributed by atoms with van der Waals surface area (Å²) in [7, 11) is 0. The van der Waals surface area contributed by atoms with Crippen molar-refractivity contribution in [1.29, 1.82) is 0 Å². The van der Waals surface area contributed by atoms with E-state index >= 15 is 0 Å². The zero-order chi connectivity index (χ0) is 21.0. The van der Waals surface area contributed by atoms with Crippen LogP contribution in [0, 0.1) is 17.0 Å². The molecule has 2 aromatic heterocycles. The van der Waals surface area contributed by atoms with Crippen LogP contribution in [0.3, 0.4) is 0 Å². The van der Waals surface area contributed by atoms with Gasteiger partial charge in [0.1, 0.15) is 5.82 Å². The standard InChI is InChI=1S/C19H24N6O4/c1-12(2)29-17(26)7-5-4-6-10-20-18-19-23-22-13(3)24(19)16-11-14(25(27)28)8-9-15(16)21-18/h8-9,11-12H,4-7,10H2,1-3H3,(H,20,21). The van der Waals surface area contributed by atoms with Crippen LogP contribution < -0.4 is 5.32 Å². The molecule has 0 saturated heterocycles. The van der Waals surface area contributed by atoms with Gasteiger partial charge in [0.05, 0.1) is 22.1 Å². The zero-order valence-corrected chi connectivity index (χ0v) is 16.7. The molecule has 0 aliphatic rings. The van der Waals surface area contributed by atoms with Gasteiger partial charge in [-0.25, -0.2) is 4.98 Å². The average Bonchev–Trinajstić information content (AvgIpc) is 3.05. The Labute approximate surface area is 167 Å². The summed E-state index contributed by atoms with van der Waals surface area (Å²) in [6.45, 7) is 6.12. The molecule has 0 radical (unpaired) electrons. The van der Waals surface area contributed by atoms with E-state index < -0.39 is 4.92 Å². The molecular weight excluding hydrogens is 376 g/mol. The minimum atomic E-state index is -0.436. The molecule has 154 valence electrons. The summed E-state index contributed by atoms with van der Waals surface area (Å²) >= 11 is 0. The quantitative estimate of drug-likeness (QED) is 0.251. The molecule has 0 bridgehead atoms. The number of hydrogen-bond donors (Lipinski definition) is 1. The molecule has 0 aliphatic heterocycles. The molecule has 3 aromatic rings. The van der Waals surface area contributed by atoms with Crippen molar-refractivity contribution in [1.82, 2.24) is 19.6 Å². The lowest BCUT2D eigenvalue weighted by molar-refractivity contribution is -0.384. The second kappa shape index (κ2) is 8.80. The Hall–Kier alpha value is -3.30. The fraction of sp³-hybridized carbons (Fsp3) is 0.474. The van der Waals surface area contributed by atoms with E-state index in [9.17, 15) is 14.9 Å². The Morgan fingerprint density at radius 2 is 2.07 bits per heavy atom. The van der Waals surface area contributed by atoms with Gasteiger partial charge in [0.15, 0.2) is 5.82 Å². The van der Waals surface area contributed by atoms with Gasteiger partial charge in [0.2, 0.25) is 5.65 Å². The Bertz CT molecular complexity index is 1050. The van der Waals surface area contributed by atoms with Gasteiger partial charge < -0.3 is 10.1 Å². The molecule has 0 unspecified atom stereocenters. The van der Waals surface area contributed by atoms with Crippen molar-refractivity contribution in [3.05, 3.63) is 34.1 Å². The Balaban J connectivity index is 1.68. The van der Waals surface area contributed by atoms with Crippen LogP contribution in [0.4, 0.5) is 11.5 Å². The number of aromatic nitrogens is 4. The number of carbonyl (C=O) groups excluding carboxylic acids is 1. The highest BCUT2D eigenvalue weighted by Crippen LogP contribution is 2.25. The van der Waals surface area contributed by atoms with Crippen molar-refractivity contribution in [3.8, 4) is 0 Å². The van der Waals surface area contributed by atoms with Crippen molar-refractivity contribution < 1.29 is 14.5 Å². The summed E-state index contributed by atoms with van der Waals surface area (Å²) in [6, 6.07) is 4.53. The van der Waals surface area contributed by atoms with Crippen molar-refractivity contribution in [3.63, 3.8) is 0 Å². The Kier molecular flexibility index (Phi) is 6.20. The molecule has 10 heteroatoms. The Morgan fingerprint density at radius 3 is 2.79 bits per heavy atom. The first kappa shape index (κ1) is 20.4. The molecule has 2 heterocycles. The van der Waals surface area contributed by atoms with E-state index in [1.807, 2.05) is 13.8 Å². The first-order valence-electron chi connectivity index (χ1n) is 9.60. The molecule has 29 heavy (non-hydrogen) atoms. The van der Waals surface area contributed by atoms with E-state index in [1.54, 1.807) is 17.4 Å². The number of nitro benzene ring substituents is 1. The number of anilines is 1. The molecule has 1 N–H and O–H groups in total. The number of fused-ring (bicyclic) bond motifs is 3. The molecule has 0 spiro atoms. The van der Waals surface area contributed by atoms with E-state index in [0.29, 0.717) is 41.3 Å². The first-order chi connectivity index (χ1) is 13.9. The number of ether oxygens (including phenoxy) is 1. The smallest absolute Gasteiger partial charge is 0.306 e. The van der Waals surface area contributed by atoms with Gasteiger partial charge in [-0.3, -0.25) is 19.3 Å². The summed E-state index contributed by atoms with van der Waals surface area (Å²) < 4.78 is 6.88. The maximum Gasteiger partial charge on any atom is 0.306 e. The second-order valence-electron chi connectivity index (χ2n) is 7.07. The number of rotatable bonds is 9. The summed E-state index contributed by atoms with van der Waals surface area (Å²) in [5.74, 6) is 1.03. The van der Waals surface area contributed by atoms with Gasteiger partial charge in [-0.1, -0.05) is 6.42 Å². The third-order valence-electron chi connectivity index (χ3n) is 4.40. The molecular formula is C19H24N6O4. The lowest BCUT2D eigenvalue weighted by Crippen LogP contribution is -2.11. The number of nitrogens with zero attached hydrogens (tertiary/aromatic N) is 5. The predicted molar refractivity (Wildman–Crippen MR) is 108 cm³/mol. The van der Waals surface area contributed by atoms with Crippen LogP contribution in [0.5, 0.6) is 0 Å². The maximum absolute atomic E-state index is 11.5. The summed E-state index contributed by atoms with van der Waals surface area (Å²) in [5.41, 5.74) is 1.72. The van der Waals surface area contributed by atoms with Crippen molar-refractivity contribution in [2.75, 3.05) is 11.9 Å². The number of benzene rings is 1. The number of esters is 1. The highest BCUT2D eigenvalue weighted by atomic mass is 16.6. The second-order valence-corrected chi connectivity index (χ2v) is 7.07. The van der Waals surface area contributed by atoms with Crippen LogP contribution in [0.25, 0.3) is 16.7 Å². The number of hydrogen-bond acceptors (Lipinski definition) is 8. The summed E-state index contributed by atoms with van der Waals surface area (Å²) in [6.07, 6.45) is 2.83. The monoisotopic (exact) mass is 400 g/mol. The van der Waals surface area contributed by atoms with Crippen LogP contribution in [-0.2, 0) is 9.53 Å². The number of unbranched alkanes of at least 4 members (excludes halogenated alkanes) is 2. The molecule has 10 nitrogen and oxygen atoms in total. The van der Waals surface area contributed by atoms with Crippen molar-refractivity contribution in [2.24, 2.45) is 0 Å². The molecule has 3 rings (SSSR count).